The number of aromatic nitrogens is 1. The second-order valence-electron chi connectivity index (χ2n) is 14.7. The van der Waals surface area contributed by atoms with Crippen molar-refractivity contribution in [2.45, 2.75) is 179 Å². The molecule has 1 N–H and O–H groups in total. The van der Waals surface area contributed by atoms with Crippen molar-refractivity contribution < 1.29 is 47.2 Å². The molecular formula is C41H64N2O10. The van der Waals surface area contributed by atoms with E-state index in [1.54, 1.807) is 31.6 Å². The normalized spacial score (nSPS) is 26.9. The van der Waals surface area contributed by atoms with Gasteiger partial charge in [-0.05, 0) is 70.3 Å². The number of hydrogen-bond donors (Lipinski definition) is 1. The summed E-state index contributed by atoms with van der Waals surface area (Å²) in [5.41, 5.74) is 0.748. The van der Waals surface area contributed by atoms with Crippen molar-refractivity contribution in [1.82, 2.24) is 10.3 Å². The van der Waals surface area contributed by atoms with Crippen LogP contribution < -0.4 is 5.32 Å². The number of methoxy groups -OCH3 is 1. The van der Waals surface area contributed by atoms with Crippen molar-refractivity contribution in [2.24, 2.45) is 0 Å². The summed E-state index contributed by atoms with van der Waals surface area (Å²) in [6.45, 7) is 5.03. The first-order valence-electron chi connectivity index (χ1n) is 20.2. The number of carbonyl (C=O) groups is 3. The molecule has 3 aliphatic heterocycles. The number of esters is 2. The van der Waals surface area contributed by atoms with Gasteiger partial charge in [0.25, 0.3) is 0 Å². The number of nitrogens with one attached hydrogen (secondary N) is 1. The van der Waals surface area contributed by atoms with E-state index in [-0.39, 0.29) is 42.9 Å². The summed E-state index contributed by atoms with van der Waals surface area (Å²) < 4.78 is 41.5. The maximum absolute atomic E-state index is 13.2. The van der Waals surface area contributed by atoms with Gasteiger partial charge < -0.3 is 38.2 Å². The number of aryl methyl sites for hydroxylation is 1. The van der Waals surface area contributed by atoms with Gasteiger partial charge in [-0.25, -0.2) is 14.6 Å². The molecule has 0 aromatic carbocycles. The number of alkyl carbamates (subject to hydrolysis) is 1. The van der Waals surface area contributed by atoms with Gasteiger partial charge in [0.2, 0.25) is 5.89 Å². The number of amides is 1. The van der Waals surface area contributed by atoms with Gasteiger partial charge in [0.15, 0.2) is 0 Å². The van der Waals surface area contributed by atoms with Crippen LogP contribution >= 0.6 is 0 Å². The Morgan fingerprint density at radius 3 is 2.45 bits per heavy atom. The van der Waals surface area contributed by atoms with Crippen LogP contribution in [0, 0.1) is 0 Å². The van der Waals surface area contributed by atoms with E-state index in [2.05, 4.69) is 24.1 Å². The van der Waals surface area contributed by atoms with Gasteiger partial charge in [-0.2, -0.15) is 0 Å². The molecule has 0 spiro atoms. The standard InChI is InChI=1S/C41H64N2O10/c1-4-6-8-12-22-48-41(46)42-21-14-19-38-43-30(29-49-38)15-10-11-20-39(44)53-36-26-35-25-34(47-3)24-32-18-13-17-31(50-32)23-33(16-9-7-5-2)52-40(45)28-37(27-36)51-35/h11,14,19-20,29,31-37H,4-10,12-13,15-18,21-28H2,1-3H3,(H,42,46)/b19-14-,20-11-/t31?,32?,33-,34+,35?,36+,37?/m0/s1. The van der Waals surface area contributed by atoms with Gasteiger partial charge in [0.1, 0.15) is 18.5 Å². The second-order valence-corrected chi connectivity index (χ2v) is 14.7. The van der Waals surface area contributed by atoms with Crippen LogP contribution in [0.3, 0.4) is 0 Å². The van der Waals surface area contributed by atoms with E-state index < -0.39 is 24.3 Å². The molecule has 4 bridgehead atoms. The summed E-state index contributed by atoms with van der Waals surface area (Å²) in [5, 5.41) is 2.68. The Bertz CT molecular complexity index is 1280. The lowest BCUT2D eigenvalue weighted by Crippen LogP contribution is -2.42. The lowest BCUT2D eigenvalue weighted by atomic mass is 9.91. The predicted octanol–water partition coefficient (Wildman–Crippen LogP) is 7.96. The zero-order valence-corrected chi connectivity index (χ0v) is 32.3. The molecule has 53 heavy (non-hydrogen) atoms. The van der Waals surface area contributed by atoms with Crippen molar-refractivity contribution in [3.63, 3.8) is 0 Å². The number of rotatable bonds is 18. The average Bonchev–Trinajstić information content (AvgIpc) is 3.59. The molecule has 0 saturated carbocycles. The predicted molar refractivity (Wildman–Crippen MR) is 200 cm³/mol. The molecule has 4 rings (SSSR count). The third-order valence-electron chi connectivity index (χ3n) is 10.1. The first kappa shape index (κ1) is 42.5. The van der Waals surface area contributed by atoms with Gasteiger partial charge in [-0.1, -0.05) is 58.1 Å². The maximum atomic E-state index is 13.2. The van der Waals surface area contributed by atoms with Crippen molar-refractivity contribution in [1.29, 1.82) is 0 Å². The third kappa shape index (κ3) is 16.8. The molecule has 7 atom stereocenters. The number of ether oxygens (including phenoxy) is 6. The molecule has 12 heteroatoms. The molecule has 3 fully saturated rings. The lowest BCUT2D eigenvalue weighted by molar-refractivity contribution is -0.171. The highest BCUT2D eigenvalue weighted by molar-refractivity contribution is 5.82. The smallest absolute Gasteiger partial charge is 0.407 e. The average molecular weight is 745 g/mol. The number of allylic oxidation sites excluding steroid dienone is 1. The Labute approximate surface area is 316 Å². The fourth-order valence-electron chi connectivity index (χ4n) is 7.38. The molecule has 3 aliphatic rings. The molecule has 298 valence electrons. The van der Waals surface area contributed by atoms with Crippen LogP contribution in [0.25, 0.3) is 6.08 Å². The quantitative estimate of drug-likeness (QED) is 0.0676. The van der Waals surface area contributed by atoms with Crippen LogP contribution in [-0.2, 0) is 44.4 Å². The van der Waals surface area contributed by atoms with Gasteiger partial charge >= 0.3 is 18.0 Å². The molecule has 12 nitrogen and oxygen atoms in total. The molecule has 3 saturated heterocycles. The van der Waals surface area contributed by atoms with Crippen molar-refractivity contribution >= 4 is 24.1 Å². The molecule has 4 unspecified atom stereocenters. The van der Waals surface area contributed by atoms with Gasteiger partial charge in [-0.3, -0.25) is 4.79 Å². The number of fused-ring (bicyclic) bond motifs is 4. The second kappa shape index (κ2) is 24.2. The highest BCUT2D eigenvalue weighted by Gasteiger charge is 2.37. The van der Waals surface area contributed by atoms with Crippen LogP contribution in [0.2, 0.25) is 0 Å². The number of nitrogens with zero attached hydrogens (tertiary/aromatic N) is 1. The number of oxazole rings is 1. The van der Waals surface area contributed by atoms with Crippen molar-refractivity contribution in [3.05, 3.63) is 36.1 Å². The van der Waals surface area contributed by atoms with Crippen LogP contribution in [0.15, 0.2) is 28.9 Å². The molecular weight excluding hydrogens is 680 g/mol. The zero-order valence-electron chi connectivity index (χ0n) is 32.3. The molecule has 0 radical (unpaired) electrons. The van der Waals surface area contributed by atoms with E-state index >= 15 is 0 Å². The van der Waals surface area contributed by atoms with Crippen LogP contribution in [0.1, 0.15) is 141 Å². The Balaban J connectivity index is 1.24. The SMILES string of the molecule is CCCCCCOC(=O)NC/C=C\c1nc(CC/C=C\C(=O)O[C@H]2CC3CC(=O)O[C@@H](CCCCC)CC4CCCC(C[C@@H](OC)CC(C2)O3)O4)co1. The van der Waals surface area contributed by atoms with Gasteiger partial charge in [-0.15, -0.1) is 0 Å². The van der Waals surface area contributed by atoms with E-state index in [0.717, 1.165) is 89.2 Å². The maximum Gasteiger partial charge on any atom is 0.407 e. The Kier molecular flexibility index (Phi) is 19.4. The minimum atomic E-state index is -0.439. The Morgan fingerprint density at radius 2 is 1.64 bits per heavy atom. The molecule has 1 aromatic heterocycles. The topological polar surface area (TPSA) is 145 Å². The van der Waals surface area contributed by atoms with E-state index in [9.17, 15) is 14.4 Å². The highest BCUT2D eigenvalue weighted by atomic mass is 16.6. The van der Waals surface area contributed by atoms with Crippen molar-refractivity contribution in [3.8, 4) is 0 Å². The van der Waals surface area contributed by atoms with Crippen molar-refractivity contribution in [2.75, 3.05) is 20.3 Å². The molecule has 1 aromatic rings. The third-order valence-corrected chi connectivity index (χ3v) is 10.1. The number of cyclic esters (lactones) is 1. The fraction of sp³-hybridized carbons (Fsp3) is 0.756. The van der Waals surface area contributed by atoms with Gasteiger partial charge in [0.05, 0.1) is 49.2 Å². The summed E-state index contributed by atoms with van der Waals surface area (Å²) in [6.07, 6.45) is 22.4. The molecule has 0 aliphatic carbocycles. The highest BCUT2D eigenvalue weighted by Crippen LogP contribution is 2.32. The van der Waals surface area contributed by atoms with Crippen LogP contribution in [-0.4, -0.2) is 86.0 Å². The first-order chi connectivity index (χ1) is 25.8. The molecule has 1 amide bonds. The number of carbonyl (C=O) groups excluding carboxylic acids is 3. The lowest BCUT2D eigenvalue weighted by Gasteiger charge is -2.38. The van der Waals surface area contributed by atoms with E-state index in [1.807, 2.05) is 0 Å². The zero-order chi connectivity index (χ0) is 37.7. The minimum Gasteiger partial charge on any atom is -0.462 e. The monoisotopic (exact) mass is 744 g/mol. The summed E-state index contributed by atoms with van der Waals surface area (Å²) in [7, 11) is 1.73. The Morgan fingerprint density at radius 1 is 0.906 bits per heavy atom. The van der Waals surface area contributed by atoms with E-state index in [1.165, 1.54) is 6.08 Å². The summed E-state index contributed by atoms with van der Waals surface area (Å²) in [4.78, 5) is 42.4. The van der Waals surface area contributed by atoms with Crippen LogP contribution in [0.5, 0.6) is 0 Å². The Hall–Kier alpha value is -3.22. The minimum absolute atomic E-state index is 0.0631. The molecule has 4 heterocycles. The number of unbranched alkanes of at least 4 members (excludes halogenated alkanes) is 5. The van der Waals surface area contributed by atoms with E-state index in [0.29, 0.717) is 51.1 Å². The van der Waals surface area contributed by atoms with Gasteiger partial charge in [0, 0.05) is 39.0 Å². The van der Waals surface area contributed by atoms with Crippen LogP contribution in [0.4, 0.5) is 4.79 Å². The number of hydrogen-bond acceptors (Lipinski definition) is 11. The summed E-state index contributed by atoms with van der Waals surface area (Å²) in [5.74, 6) is -0.268. The summed E-state index contributed by atoms with van der Waals surface area (Å²) >= 11 is 0. The first-order valence-corrected chi connectivity index (χ1v) is 20.2. The summed E-state index contributed by atoms with van der Waals surface area (Å²) in [6, 6.07) is 0. The largest absolute Gasteiger partial charge is 0.462 e. The van der Waals surface area contributed by atoms with E-state index in [4.69, 9.17) is 32.8 Å². The fourth-order valence-corrected chi connectivity index (χ4v) is 7.38.